The molecule has 5 heteroatoms. The molecule has 0 saturated carbocycles. The van der Waals surface area contributed by atoms with Gasteiger partial charge in [0.25, 0.3) is 0 Å². The fourth-order valence-electron chi connectivity index (χ4n) is 0. The van der Waals surface area contributed by atoms with Gasteiger partial charge in [0, 0.05) is 0 Å². The average molecular weight is 158 g/mol. The van der Waals surface area contributed by atoms with Crippen molar-refractivity contribution < 1.29 is 12.6 Å². The summed E-state index contributed by atoms with van der Waals surface area (Å²) in [6, 6.07) is 0. The molecule has 0 aromatic carbocycles. The third kappa shape index (κ3) is 623. The van der Waals surface area contributed by atoms with Crippen LogP contribution in [0.5, 0.6) is 0 Å². The molecule has 3 nitrogen and oxygen atoms in total. The molecule has 0 saturated heterocycles. The van der Waals surface area contributed by atoms with Crippen LogP contribution in [0.2, 0.25) is 0 Å². The maximum absolute atomic E-state index is 8.44. The second-order valence-electron chi connectivity index (χ2n) is 0.204. The molecule has 0 bridgehead atoms. The fourth-order valence-corrected chi connectivity index (χ4v) is 0. The van der Waals surface area contributed by atoms with Crippen molar-refractivity contribution in [3.8, 4) is 0 Å². The van der Waals surface area contributed by atoms with E-state index in [-0.39, 0.29) is 18.0 Å². The Kier molecular flexibility index (Phi) is 7.48. The third-order valence-electron chi connectivity index (χ3n) is 0. The monoisotopic (exact) mass is 158 g/mol. The van der Waals surface area contributed by atoms with Crippen LogP contribution in [-0.2, 0) is 10.6 Å². The van der Waals surface area contributed by atoms with Gasteiger partial charge in [-0.15, -0.1) is 12.6 Å². The van der Waals surface area contributed by atoms with Gasteiger partial charge in [-0.05, 0) is 0 Å². The molecule has 0 aromatic heterocycles. The third-order valence-corrected chi connectivity index (χ3v) is 0. The van der Waals surface area contributed by atoms with E-state index in [1.165, 1.54) is 0 Å². The fraction of sp³-hybridized carbons (Fsp3) is 0. The van der Waals surface area contributed by atoms with Gasteiger partial charge in [-0.1, -0.05) is 0 Å². The van der Waals surface area contributed by atoms with Crippen molar-refractivity contribution in [2.45, 2.75) is 0 Å². The van der Waals surface area contributed by atoms with Crippen LogP contribution in [0.25, 0.3) is 0 Å². The van der Waals surface area contributed by atoms with Gasteiger partial charge < -0.3 is 0 Å². The molecule has 0 radical (unpaired) electrons. The molecule has 1 atom stereocenters. The predicted octanol–water partition coefficient (Wildman–Crippen LogP) is -2.19. The molecular weight excluding hydrogens is 155 g/mol. The second-order valence-corrected chi connectivity index (χ2v) is 0.612. The summed E-state index contributed by atoms with van der Waals surface area (Å²) >= 11 is 0. The van der Waals surface area contributed by atoms with Crippen LogP contribution < -0.4 is 0 Å². The van der Waals surface area contributed by atoms with Crippen molar-refractivity contribution in [1.29, 1.82) is 0 Å². The number of hydrogen-bond donors (Lipinski definition) is 0. The van der Waals surface area contributed by atoms with Crippen molar-refractivity contribution in [3.63, 3.8) is 0 Å². The Balaban J connectivity index is 0. The van der Waals surface area contributed by atoms with Gasteiger partial charge in [-0.3, -0.25) is 0 Å². The molecule has 0 amide bonds. The van der Waals surface area contributed by atoms with Crippen molar-refractivity contribution >= 4 is 28.6 Å². The van der Waals surface area contributed by atoms with Crippen molar-refractivity contribution in [3.05, 3.63) is 0 Å². The Hall–Kier alpha value is 0.178. The summed E-state index contributed by atoms with van der Waals surface area (Å²) < 4.78 is 25.3. The molecule has 32 valence electrons. The summed E-state index contributed by atoms with van der Waals surface area (Å²) in [5.41, 5.74) is 0. The van der Waals surface area contributed by atoms with E-state index in [0.29, 0.717) is 0 Å². The quantitative estimate of drug-likeness (QED) is 0.376. The average Bonchev–Trinajstić information content (AvgIpc) is 0.811. The molecule has 0 aliphatic heterocycles. The molecule has 0 aliphatic carbocycles. The van der Waals surface area contributed by atoms with E-state index in [9.17, 15) is 0 Å². The van der Waals surface area contributed by atoms with Crippen molar-refractivity contribution in [2.24, 2.45) is 0 Å². The number of hydrogen-bond acceptors (Lipinski definition) is 3. The Bertz CT molecular complexity index is 76.3. The minimum atomic E-state index is -3.11. The maximum atomic E-state index is 8.44. The van der Waals surface area contributed by atoms with Gasteiger partial charge in [-0.25, -0.2) is 0 Å². The van der Waals surface area contributed by atoms with E-state index < -0.39 is 10.6 Å². The summed E-state index contributed by atoms with van der Waals surface area (Å²) in [5, 5.41) is 0. The molecule has 0 aliphatic rings. The predicted molar refractivity (Wildman–Crippen MR) is 19.6 cm³/mol. The normalized spacial score (nSPS) is 4.80. The van der Waals surface area contributed by atoms with Gasteiger partial charge >= 0.3 is 28.6 Å². The first-order valence-electron chi connectivity index (χ1n) is 0.500. The molecule has 0 aromatic rings. The Morgan fingerprint density at radius 3 is 1.00 bits per heavy atom. The Labute approximate surface area is 41.8 Å². The minimum absolute atomic E-state index is 0. The van der Waals surface area contributed by atoms with E-state index in [1.54, 1.807) is 0 Å². The van der Waals surface area contributed by atoms with E-state index >= 15 is 0 Å². The molecular formula is H3AsO3S. The topological polar surface area (TPSA) is 51.2 Å². The van der Waals surface area contributed by atoms with Crippen LogP contribution in [-0.4, -0.2) is 30.6 Å². The summed E-state index contributed by atoms with van der Waals surface area (Å²) in [5.74, 6) is 0. The van der Waals surface area contributed by atoms with Gasteiger partial charge in [0.2, 0.25) is 0 Å². The summed E-state index contributed by atoms with van der Waals surface area (Å²) in [7, 11) is -3.11. The van der Waals surface area contributed by atoms with E-state index in [2.05, 4.69) is 0 Å². The second kappa shape index (κ2) is 4.18. The van der Waals surface area contributed by atoms with Gasteiger partial charge in [0.1, 0.15) is 0 Å². The van der Waals surface area contributed by atoms with E-state index in [0.717, 1.165) is 0 Å². The summed E-state index contributed by atoms with van der Waals surface area (Å²) in [4.78, 5) is 0. The zero-order chi connectivity index (χ0) is 3.58. The van der Waals surface area contributed by atoms with Crippen LogP contribution in [0.4, 0.5) is 0 Å². The Morgan fingerprint density at radius 2 is 1.00 bits per heavy atom. The van der Waals surface area contributed by atoms with E-state index in [4.69, 9.17) is 12.6 Å². The van der Waals surface area contributed by atoms with Crippen LogP contribution >= 0.6 is 0 Å². The molecule has 0 spiro atoms. The van der Waals surface area contributed by atoms with Crippen molar-refractivity contribution in [2.75, 3.05) is 0 Å². The zero-order valence-corrected chi connectivity index (χ0v) is 6.12. The first-order chi connectivity index (χ1) is 1.73. The first kappa shape index (κ1) is 8.95. The van der Waals surface area contributed by atoms with Crippen LogP contribution in [0, 0.1) is 0 Å². The van der Waals surface area contributed by atoms with Crippen molar-refractivity contribution in [1.82, 2.24) is 0 Å². The molecule has 0 rings (SSSR count). The SMILES string of the molecule is O=S(=O)=O.[AsH3]. The molecule has 0 heterocycles. The van der Waals surface area contributed by atoms with Gasteiger partial charge in [-0.2, -0.15) is 0 Å². The molecule has 0 fully saturated rings. The number of rotatable bonds is 0. The molecule has 0 N–H and O–H groups in total. The molecule has 5 heavy (non-hydrogen) atoms. The standard InChI is InChI=1S/AsH3.O3S/c;1-4(2)3/h1H3;. The van der Waals surface area contributed by atoms with Crippen LogP contribution in [0.3, 0.4) is 0 Å². The van der Waals surface area contributed by atoms with Gasteiger partial charge in [0.05, 0.1) is 0 Å². The molecule has 1 unspecified atom stereocenters. The van der Waals surface area contributed by atoms with Crippen LogP contribution in [0.1, 0.15) is 0 Å². The first-order valence-corrected chi connectivity index (χ1v) is 1.50. The summed E-state index contributed by atoms with van der Waals surface area (Å²) in [6.07, 6.45) is 0. The Morgan fingerprint density at radius 1 is 1.00 bits per heavy atom. The summed E-state index contributed by atoms with van der Waals surface area (Å²) in [6.45, 7) is 0. The van der Waals surface area contributed by atoms with E-state index in [1.807, 2.05) is 0 Å². The van der Waals surface area contributed by atoms with Crippen LogP contribution in [0.15, 0.2) is 0 Å². The van der Waals surface area contributed by atoms with Gasteiger partial charge in [0.15, 0.2) is 0 Å². The zero-order valence-electron chi connectivity index (χ0n) is 2.34.